The van der Waals surface area contributed by atoms with Gasteiger partial charge < -0.3 is 4.90 Å². The number of hydrogen-bond donors (Lipinski definition) is 0. The van der Waals surface area contributed by atoms with Crippen LogP contribution in [0.15, 0.2) is 24.3 Å². The molecule has 1 aromatic rings. The highest BCUT2D eigenvalue weighted by Gasteiger charge is 2.27. The van der Waals surface area contributed by atoms with Crippen molar-refractivity contribution in [3.05, 3.63) is 29.8 Å². The Balaban J connectivity index is 2.18. The molecule has 24 heavy (non-hydrogen) atoms. The molecule has 0 atom stereocenters. The maximum atomic E-state index is 12.6. The van der Waals surface area contributed by atoms with Crippen molar-refractivity contribution in [1.82, 2.24) is 4.90 Å². The zero-order valence-electron chi connectivity index (χ0n) is 15.0. The third-order valence-corrected chi connectivity index (χ3v) is 5.93. The Kier molecular flexibility index (Phi) is 5.91. The SMILES string of the molecule is CC(C)c1ccc(N(CC(=O)N(C)C2CCCC2)S(C)(=O)=O)cc1. The molecule has 0 bridgehead atoms. The number of likely N-dealkylation sites (N-methyl/N-ethyl adjacent to an activating group) is 1. The first-order valence-electron chi connectivity index (χ1n) is 8.53. The minimum absolute atomic E-state index is 0.146. The van der Waals surface area contributed by atoms with Gasteiger partial charge in [0.05, 0.1) is 11.9 Å². The molecule has 1 saturated carbocycles. The van der Waals surface area contributed by atoms with E-state index in [-0.39, 0.29) is 18.5 Å². The first-order chi connectivity index (χ1) is 11.2. The standard InChI is InChI=1S/C18H28N2O3S/c1-14(2)15-9-11-17(12-10-15)20(24(4,22)23)13-18(21)19(3)16-7-5-6-8-16/h9-12,14,16H,5-8,13H2,1-4H3. The van der Waals surface area contributed by atoms with Crippen LogP contribution in [0.3, 0.4) is 0 Å². The number of sulfonamides is 1. The van der Waals surface area contributed by atoms with Crippen molar-refractivity contribution in [2.45, 2.75) is 51.5 Å². The Labute approximate surface area is 145 Å². The lowest BCUT2D eigenvalue weighted by Gasteiger charge is -2.28. The average molecular weight is 352 g/mol. The number of benzene rings is 1. The molecule has 1 fully saturated rings. The van der Waals surface area contributed by atoms with E-state index in [4.69, 9.17) is 0 Å². The molecule has 2 rings (SSSR count). The van der Waals surface area contributed by atoms with E-state index < -0.39 is 10.0 Å². The van der Waals surface area contributed by atoms with Crippen molar-refractivity contribution >= 4 is 21.6 Å². The Morgan fingerprint density at radius 3 is 2.17 bits per heavy atom. The molecule has 0 N–H and O–H groups in total. The lowest BCUT2D eigenvalue weighted by atomic mass is 10.0. The molecule has 0 unspecified atom stereocenters. The van der Waals surface area contributed by atoms with Crippen LogP contribution in [0.1, 0.15) is 51.0 Å². The molecule has 1 aliphatic carbocycles. The zero-order chi connectivity index (χ0) is 17.9. The van der Waals surface area contributed by atoms with Crippen LogP contribution >= 0.6 is 0 Å². The summed E-state index contributed by atoms with van der Waals surface area (Å²) >= 11 is 0. The molecular weight excluding hydrogens is 324 g/mol. The first kappa shape index (κ1) is 18.8. The Bertz CT molecular complexity index is 662. The molecule has 0 spiro atoms. The fourth-order valence-corrected chi connectivity index (χ4v) is 4.00. The number of anilines is 1. The van der Waals surface area contributed by atoms with Crippen LogP contribution in [0.5, 0.6) is 0 Å². The molecular formula is C18H28N2O3S. The van der Waals surface area contributed by atoms with Gasteiger partial charge in [-0.1, -0.05) is 38.8 Å². The second-order valence-corrected chi connectivity index (χ2v) is 8.87. The second kappa shape index (κ2) is 7.55. The number of carbonyl (C=O) groups excluding carboxylic acids is 1. The van der Waals surface area contributed by atoms with E-state index in [1.165, 1.54) is 4.31 Å². The third-order valence-electron chi connectivity index (χ3n) is 4.79. The van der Waals surface area contributed by atoms with Crippen molar-refractivity contribution in [1.29, 1.82) is 0 Å². The topological polar surface area (TPSA) is 57.7 Å². The van der Waals surface area contributed by atoms with Gasteiger partial charge in [0, 0.05) is 13.1 Å². The van der Waals surface area contributed by atoms with Crippen molar-refractivity contribution in [3.63, 3.8) is 0 Å². The molecule has 1 amide bonds. The van der Waals surface area contributed by atoms with Crippen LogP contribution in [0.4, 0.5) is 5.69 Å². The summed E-state index contributed by atoms with van der Waals surface area (Å²) in [6.07, 6.45) is 5.42. The van der Waals surface area contributed by atoms with Gasteiger partial charge in [-0.3, -0.25) is 9.10 Å². The monoisotopic (exact) mass is 352 g/mol. The van der Waals surface area contributed by atoms with Crippen LogP contribution in [-0.2, 0) is 14.8 Å². The van der Waals surface area contributed by atoms with E-state index in [0.29, 0.717) is 11.6 Å². The van der Waals surface area contributed by atoms with Gasteiger partial charge in [0.2, 0.25) is 15.9 Å². The summed E-state index contributed by atoms with van der Waals surface area (Å²) in [5, 5.41) is 0. The fourth-order valence-electron chi connectivity index (χ4n) is 3.16. The average Bonchev–Trinajstić information content (AvgIpc) is 3.05. The Morgan fingerprint density at radius 2 is 1.71 bits per heavy atom. The van der Waals surface area contributed by atoms with Crippen molar-refractivity contribution in [2.75, 3.05) is 24.2 Å². The number of carbonyl (C=O) groups is 1. The van der Waals surface area contributed by atoms with Gasteiger partial charge in [0.25, 0.3) is 0 Å². The van der Waals surface area contributed by atoms with Crippen LogP contribution in [-0.4, -0.2) is 45.1 Å². The molecule has 0 heterocycles. The predicted molar refractivity (Wildman–Crippen MR) is 97.7 cm³/mol. The van der Waals surface area contributed by atoms with Crippen LogP contribution in [0.25, 0.3) is 0 Å². The number of rotatable bonds is 6. The highest BCUT2D eigenvalue weighted by Crippen LogP contribution is 2.24. The third kappa shape index (κ3) is 4.50. The molecule has 1 aromatic carbocycles. The van der Waals surface area contributed by atoms with E-state index in [9.17, 15) is 13.2 Å². The van der Waals surface area contributed by atoms with Crippen LogP contribution < -0.4 is 4.31 Å². The van der Waals surface area contributed by atoms with Crippen molar-refractivity contribution in [2.24, 2.45) is 0 Å². The molecule has 5 nitrogen and oxygen atoms in total. The van der Waals surface area contributed by atoms with Gasteiger partial charge in [-0.2, -0.15) is 0 Å². The molecule has 134 valence electrons. The summed E-state index contributed by atoms with van der Waals surface area (Å²) in [7, 11) is -1.74. The number of hydrogen-bond acceptors (Lipinski definition) is 3. The van der Waals surface area contributed by atoms with Crippen LogP contribution in [0, 0.1) is 0 Å². The van der Waals surface area contributed by atoms with E-state index in [2.05, 4.69) is 13.8 Å². The summed E-state index contributed by atoms with van der Waals surface area (Å²) in [6, 6.07) is 7.63. The molecule has 6 heteroatoms. The smallest absolute Gasteiger partial charge is 0.243 e. The lowest BCUT2D eigenvalue weighted by molar-refractivity contribution is -0.130. The van der Waals surface area contributed by atoms with Crippen molar-refractivity contribution in [3.8, 4) is 0 Å². The van der Waals surface area contributed by atoms with Gasteiger partial charge in [-0.25, -0.2) is 8.42 Å². The quantitative estimate of drug-likeness (QED) is 0.791. The van der Waals surface area contributed by atoms with E-state index in [1.54, 1.807) is 24.1 Å². The molecule has 0 aromatic heterocycles. The minimum Gasteiger partial charge on any atom is -0.341 e. The predicted octanol–water partition coefficient (Wildman–Crippen LogP) is 2.98. The summed E-state index contributed by atoms with van der Waals surface area (Å²) < 4.78 is 25.6. The minimum atomic E-state index is -3.52. The molecule has 0 aliphatic heterocycles. The van der Waals surface area contributed by atoms with Gasteiger partial charge in [-0.15, -0.1) is 0 Å². The Hall–Kier alpha value is -1.56. The van der Waals surface area contributed by atoms with Gasteiger partial charge in [0.1, 0.15) is 6.54 Å². The van der Waals surface area contributed by atoms with Gasteiger partial charge in [-0.05, 0) is 36.5 Å². The maximum absolute atomic E-state index is 12.6. The largest absolute Gasteiger partial charge is 0.341 e. The first-order valence-corrected chi connectivity index (χ1v) is 10.4. The normalized spacial score (nSPS) is 15.7. The molecule has 0 radical (unpaired) electrons. The summed E-state index contributed by atoms with van der Waals surface area (Å²) in [5.74, 6) is 0.223. The summed E-state index contributed by atoms with van der Waals surface area (Å²) in [4.78, 5) is 14.3. The summed E-state index contributed by atoms with van der Waals surface area (Å²) in [5.41, 5.74) is 1.68. The molecule has 0 saturated heterocycles. The summed E-state index contributed by atoms with van der Waals surface area (Å²) in [6.45, 7) is 4.03. The highest BCUT2D eigenvalue weighted by molar-refractivity contribution is 7.92. The number of nitrogens with zero attached hydrogens (tertiary/aromatic N) is 2. The van der Waals surface area contributed by atoms with Crippen molar-refractivity contribution < 1.29 is 13.2 Å². The lowest BCUT2D eigenvalue weighted by Crippen LogP contribution is -2.44. The molecule has 1 aliphatic rings. The number of amides is 1. The maximum Gasteiger partial charge on any atom is 0.243 e. The van der Waals surface area contributed by atoms with E-state index >= 15 is 0 Å². The van der Waals surface area contributed by atoms with Gasteiger partial charge in [0.15, 0.2) is 0 Å². The second-order valence-electron chi connectivity index (χ2n) is 6.96. The highest BCUT2D eigenvalue weighted by atomic mass is 32.2. The van der Waals surface area contributed by atoms with E-state index in [1.807, 2.05) is 12.1 Å². The zero-order valence-corrected chi connectivity index (χ0v) is 15.8. The van der Waals surface area contributed by atoms with E-state index in [0.717, 1.165) is 37.5 Å². The van der Waals surface area contributed by atoms with Crippen LogP contribution in [0.2, 0.25) is 0 Å². The Morgan fingerprint density at radius 1 is 1.17 bits per heavy atom. The fraction of sp³-hybridized carbons (Fsp3) is 0.611. The van der Waals surface area contributed by atoms with Gasteiger partial charge >= 0.3 is 0 Å².